The van der Waals surface area contributed by atoms with Crippen molar-refractivity contribution < 1.29 is 4.79 Å². The summed E-state index contributed by atoms with van der Waals surface area (Å²) in [5.41, 5.74) is 2.77. The van der Waals surface area contributed by atoms with Crippen LogP contribution in [0, 0.1) is 0 Å². The van der Waals surface area contributed by atoms with Gasteiger partial charge >= 0.3 is 0 Å². The first-order valence-corrected chi connectivity index (χ1v) is 6.89. The molecular formula is C14H21N3O. The molecule has 2 unspecified atom stereocenters. The van der Waals surface area contributed by atoms with Crippen LogP contribution in [0.2, 0.25) is 0 Å². The second-order valence-corrected chi connectivity index (χ2v) is 5.64. The largest absolute Gasteiger partial charge is 0.338 e. The summed E-state index contributed by atoms with van der Waals surface area (Å²) < 4.78 is 0. The maximum atomic E-state index is 11.9. The molecule has 0 aromatic carbocycles. The van der Waals surface area contributed by atoms with Crippen LogP contribution < -0.4 is 0 Å². The Balaban J connectivity index is 1.85. The maximum Gasteiger partial charge on any atom is 0.222 e. The molecule has 0 saturated carbocycles. The van der Waals surface area contributed by atoms with E-state index >= 15 is 0 Å². The number of fused-ring (bicyclic) bond motifs is 1. The number of amides is 1. The van der Waals surface area contributed by atoms with E-state index in [4.69, 9.17) is 0 Å². The van der Waals surface area contributed by atoms with Crippen LogP contribution in [0.15, 0.2) is 16.3 Å². The standard InChI is InChI=1S/C14H21N3O/c1-9-10(2)15-11(3)17-8-12(7-13(9)17)16-6-4-5-14(16)18/h10,12H,4-8H2,1-3H3. The Morgan fingerprint density at radius 3 is 2.78 bits per heavy atom. The number of likely N-dealkylation sites (tertiary alicyclic amines) is 1. The van der Waals surface area contributed by atoms with Crippen molar-refractivity contribution in [2.75, 3.05) is 13.1 Å². The van der Waals surface area contributed by atoms with Crippen molar-refractivity contribution in [3.63, 3.8) is 0 Å². The lowest BCUT2D eigenvalue weighted by molar-refractivity contribution is -0.129. The Morgan fingerprint density at radius 1 is 1.33 bits per heavy atom. The van der Waals surface area contributed by atoms with Gasteiger partial charge in [0.15, 0.2) is 0 Å². The van der Waals surface area contributed by atoms with Crippen LogP contribution in [0.25, 0.3) is 0 Å². The normalized spacial score (nSPS) is 32.2. The molecule has 0 spiro atoms. The van der Waals surface area contributed by atoms with Crippen LogP contribution in [0.3, 0.4) is 0 Å². The molecule has 0 radical (unpaired) electrons. The van der Waals surface area contributed by atoms with Gasteiger partial charge in [-0.1, -0.05) is 0 Å². The van der Waals surface area contributed by atoms with Gasteiger partial charge in [-0.05, 0) is 32.8 Å². The number of hydrogen-bond acceptors (Lipinski definition) is 3. The highest BCUT2D eigenvalue weighted by atomic mass is 16.2. The molecule has 0 aromatic rings. The molecule has 98 valence electrons. The van der Waals surface area contributed by atoms with E-state index in [-0.39, 0.29) is 0 Å². The summed E-state index contributed by atoms with van der Waals surface area (Å²) in [5, 5.41) is 0. The van der Waals surface area contributed by atoms with Crippen LogP contribution in [0.1, 0.15) is 40.0 Å². The molecule has 2 atom stereocenters. The molecule has 4 nitrogen and oxygen atoms in total. The average molecular weight is 247 g/mol. The lowest BCUT2D eigenvalue weighted by Crippen LogP contribution is -2.39. The second kappa shape index (κ2) is 4.11. The third kappa shape index (κ3) is 1.66. The Hall–Kier alpha value is -1.32. The molecule has 0 aromatic heterocycles. The first-order valence-electron chi connectivity index (χ1n) is 6.89. The van der Waals surface area contributed by atoms with Gasteiger partial charge in [-0.25, -0.2) is 0 Å². The highest BCUT2D eigenvalue weighted by Gasteiger charge is 2.38. The van der Waals surface area contributed by atoms with E-state index in [1.807, 2.05) is 0 Å². The predicted octanol–water partition coefficient (Wildman–Crippen LogP) is 1.78. The van der Waals surface area contributed by atoms with E-state index in [1.54, 1.807) is 0 Å². The fourth-order valence-electron chi connectivity index (χ4n) is 3.37. The van der Waals surface area contributed by atoms with Crippen molar-refractivity contribution in [2.45, 2.75) is 52.1 Å². The lowest BCUT2D eigenvalue weighted by Gasteiger charge is -2.29. The van der Waals surface area contributed by atoms with Gasteiger partial charge in [0.2, 0.25) is 5.91 Å². The average Bonchev–Trinajstić information content (AvgIpc) is 2.92. The van der Waals surface area contributed by atoms with Gasteiger partial charge in [0.25, 0.3) is 0 Å². The van der Waals surface area contributed by atoms with Gasteiger partial charge in [0, 0.05) is 31.6 Å². The Bertz CT molecular complexity index is 452. The Labute approximate surface area is 108 Å². The summed E-state index contributed by atoms with van der Waals surface area (Å²) in [7, 11) is 0. The Morgan fingerprint density at radius 2 is 2.11 bits per heavy atom. The highest BCUT2D eigenvalue weighted by molar-refractivity contribution is 5.84. The summed E-state index contributed by atoms with van der Waals surface area (Å²) in [6.07, 6.45) is 2.77. The van der Waals surface area contributed by atoms with Crippen LogP contribution in [-0.2, 0) is 4.79 Å². The van der Waals surface area contributed by atoms with Crippen molar-refractivity contribution in [1.29, 1.82) is 0 Å². The molecule has 18 heavy (non-hydrogen) atoms. The topological polar surface area (TPSA) is 35.9 Å². The fourth-order valence-corrected chi connectivity index (χ4v) is 3.37. The minimum atomic E-state index is 0.296. The van der Waals surface area contributed by atoms with Crippen LogP contribution in [0.5, 0.6) is 0 Å². The Kier molecular flexibility index (Phi) is 2.68. The third-order valence-corrected chi connectivity index (χ3v) is 4.55. The smallest absolute Gasteiger partial charge is 0.222 e. The zero-order valence-corrected chi connectivity index (χ0v) is 11.4. The van der Waals surface area contributed by atoms with Crippen LogP contribution in [0.4, 0.5) is 0 Å². The van der Waals surface area contributed by atoms with Crippen LogP contribution >= 0.6 is 0 Å². The van der Waals surface area contributed by atoms with Crippen molar-refractivity contribution in [2.24, 2.45) is 4.99 Å². The molecule has 4 heteroatoms. The summed E-state index contributed by atoms with van der Waals surface area (Å²) in [6.45, 7) is 8.28. The van der Waals surface area contributed by atoms with Crippen molar-refractivity contribution >= 4 is 11.7 Å². The van der Waals surface area contributed by atoms with Crippen LogP contribution in [-0.4, -0.2) is 46.7 Å². The van der Waals surface area contributed by atoms with E-state index in [0.717, 1.165) is 38.2 Å². The van der Waals surface area contributed by atoms with E-state index in [0.29, 0.717) is 18.0 Å². The third-order valence-electron chi connectivity index (χ3n) is 4.55. The molecule has 0 aliphatic carbocycles. The maximum absolute atomic E-state index is 11.9. The molecule has 2 saturated heterocycles. The second-order valence-electron chi connectivity index (χ2n) is 5.64. The van der Waals surface area contributed by atoms with Gasteiger partial charge < -0.3 is 9.80 Å². The molecule has 3 rings (SSSR count). The summed E-state index contributed by atoms with van der Waals surface area (Å²) in [5.74, 6) is 1.44. The number of nitrogens with zero attached hydrogens (tertiary/aromatic N) is 3. The first-order chi connectivity index (χ1) is 8.58. The number of carbonyl (C=O) groups is 1. The molecule has 3 aliphatic heterocycles. The molecule has 2 fully saturated rings. The molecule has 0 bridgehead atoms. The molecular weight excluding hydrogens is 226 g/mol. The molecule has 3 heterocycles. The zero-order chi connectivity index (χ0) is 12.9. The molecule has 0 N–H and O–H groups in total. The summed E-state index contributed by atoms with van der Waals surface area (Å²) in [4.78, 5) is 20.9. The lowest BCUT2D eigenvalue weighted by atomic mass is 10.0. The van der Waals surface area contributed by atoms with Gasteiger partial charge in [-0.3, -0.25) is 9.79 Å². The quantitative estimate of drug-likeness (QED) is 0.708. The van der Waals surface area contributed by atoms with Crippen molar-refractivity contribution in [1.82, 2.24) is 9.80 Å². The number of hydrogen-bond donors (Lipinski definition) is 0. The predicted molar refractivity (Wildman–Crippen MR) is 71.3 cm³/mol. The highest BCUT2D eigenvalue weighted by Crippen LogP contribution is 2.34. The van der Waals surface area contributed by atoms with Gasteiger partial charge in [-0.15, -0.1) is 0 Å². The molecule has 3 aliphatic rings. The van der Waals surface area contributed by atoms with Crippen molar-refractivity contribution in [3.05, 3.63) is 11.3 Å². The minimum absolute atomic E-state index is 0.296. The fraction of sp³-hybridized carbons (Fsp3) is 0.714. The van der Waals surface area contributed by atoms with Gasteiger partial charge in [0.1, 0.15) is 5.84 Å². The SMILES string of the molecule is CC1=NC(C)C(C)=C2CC(N3CCCC3=O)CN12. The number of amidine groups is 1. The van der Waals surface area contributed by atoms with E-state index in [1.165, 1.54) is 11.3 Å². The molecule has 1 amide bonds. The monoisotopic (exact) mass is 247 g/mol. The van der Waals surface area contributed by atoms with Crippen molar-refractivity contribution in [3.8, 4) is 0 Å². The number of rotatable bonds is 1. The summed E-state index contributed by atoms with van der Waals surface area (Å²) >= 11 is 0. The first kappa shape index (κ1) is 11.8. The van der Waals surface area contributed by atoms with E-state index in [2.05, 4.69) is 35.6 Å². The minimum Gasteiger partial charge on any atom is -0.338 e. The van der Waals surface area contributed by atoms with E-state index < -0.39 is 0 Å². The van der Waals surface area contributed by atoms with Gasteiger partial charge in [-0.2, -0.15) is 0 Å². The van der Waals surface area contributed by atoms with E-state index in [9.17, 15) is 4.79 Å². The zero-order valence-electron chi connectivity index (χ0n) is 11.4. The van der Waals surface area contributed by atoms with Gasteiger partial charge in [0.05, 0.1) is 12.1 Å². The number of carbonyl (C=O) groups excluding carboxylic acids is 1. The summed E-state index contributed by atoms with van der Waals surface area (Å²) in [6, 6.07) is 0.657. The number of aliphatic imine (C=N–C) groups is 1.